The summed E-state index contributed by atoms with van der Waals surface area (Å²) < 4.78 is 33.7. The van der Waals surface area contributed by atoms with Gasteiger partial charge in [-0.25, -0.2) is 9.96 Å². The Labute approximate surface area is 495 Å². The quantitative estimate of drug-likeness (QED) is 0.0169. The first kappa shape index (κ1) is 82.1. The van der Waals surface area contributed by atoms with Gasteiger partial charge in [0.25, 0.3) is 21.2 Å². The van der Waals surface area contributed by atoms with Crippen molar-refractivity contribution >= 4 is 82.2 Å². The monoisotopic (exact) mass is 1400 g/mol. The molecule has 0 bridgehead atoms. The van der Waals surface area contributed by atoms with E-state index in [1.807, 2.05) is 0 Å². The van der Waals surface area contributed by atoms with Crippen molar-refractivity contribution in [3.8, 4) is 0 Å². The van der Waals surface area contributed by atoms with E-state index in [9.17, 15) is 59.7 Å². The Morgan fingerprint density at radius 2 is 1.30 bits per heavy atom. The fraction of sp³-hybridized carbons (Fsp3) is 0.878. The third-order valence-electron chi connectivity index (χ3n) is 11.4. The average molecular weight is 1400 g/mol. The number of nitrogens with zero attached hydrogens (tertiary/aromatic N) is 1. The number of nitrogens with one attached hydrogen (secondary N) is 5. The molecule has 0 aromatic carbocycles. The van der Waals surface area contributed by atoms with Gasteiger partial charge in [-0.1, -0.05) is 19.3 Å². The van der Waals surface area contributed by atoms with E-state index in [1.165, 1.54) is 27.1 Å². The Morgan fingerprint density at radius 1 is 0.759 bits per heavy atom. The zero-order chi connectivity index (χ0) is 58.9. The van der Waals surface area contributed by atoms with Crippen molar-refractivity contribution in [2.24, 2.45) is 27.0 Å². The number of hydrogen-bond acceptors (Lipinski definition) is 23. The van der Waals surface area contributed by atoms with Gasteiger partial charge in [0.05, 0.1) is 38.6 Å². The van der Waals surface area contributed by atoms with Crippen molar-refractivity contribution in [1.82, 2.24) is 16.0 Å². The van der Waals surface area contributed by atoms with E-state index in [4.69, 9.17) is 81.0 Å². The molecule has 33 nitrogen and oxygen atoms in total. The van der Waals surface area contributed by atoms with Crippen LogP contribution < -0.4 is 38.4 Å². The molecule has 79 heavy (non-hydrogen) atoms. The van der Waals surface area contributed by atoms with Gasteiger partial charge in [0.2, 0.25) is 11.8 Å². The maximum absolute atomic E-state index is 12.6. The van der Waals surface area contributed by atoms with E-state index >= 15 is 0 Å². The fourth-order valence-electron chi connectivity index (χ4n) is 6.90. The van der Waals surface area contributed by atoms with Crippen LogP contribution in [0.3, 0.4) is 0 Å². The summed E-state index contributed by atoms with van der Waals surface area (Å²) in [5.41, 5.74) is 22.4. The Hall–Kier alpha value is -1.07. The Kier molecular flexibility index (Phi) is 46.2. The predicted molar refractivity (Wildman–Crippen MR) is 280 cm³/mol. The van der Waals surface area contributed by atoms with E-state index in [0.29, 0.717) is 44.9 Å². The third-order valence-corrected chi connectivity index (χ3v) is 15.6. The number of amides is 3. The molecule has 1 saturated heterocycles. The van der Waals surface area contributed by atoms with E-state index in [-0.39, 0.29) is 121 Å². The van der Waals surface area contributed by atoms with Gasteiger partial charge in [0.1, 0.15) is 36.6 Å². The van der Waals surface area contributed by atoms with Gasteiger partial charge < -0.3 is 116 Å². The Balaban J connectivity index is -0.00000148. The molecule has 465 valence electrons. The molecule has 38 heteroatoms. The molecule has 25 N–H and O–H groups in total. The molecule has 1 radical (unpaired) electrons. The number of rotatable bonds is 35. The first-order chi connectivity index (χ1) is 36.0. The second-order valence-corrected chi connectivity index (χ2v) is 23.3. The van der Waals surface area contributed by atoms with Crippen molar-refractivity contribution in [3.63, 3.8) is 0 Å². The van der Waals surface area contributed by atoms with Crippen molar-refractivity contribution in [2.45, 2.75) is 176 Å². The number of aliphatic carboxylic acids is 2. The van der Waals surface area contributed by atoms with Crippen LogP contribution in [0.2, 0.25) is 0 Å². The van der Waals surface area contributed by atoms with Crippen molar-refractivity contribution in [2.75, 3.05) is 53.7 Å². The molecule has 2 fully saturated rings. The number of carbonyl (C=O) groups excluding carboxylic acids is 3. The van der Waals surface area contributed by atoms with Crippen LogP contribution in [0.1, 0.15) is 103 Å². The summed E-state index contributed by atoms with van der Waals surface area (Å²) in [6.45, 7) is -0.963. The number of nitrogens with two attached hydrogens (primary N) is 4. The van der Waals surface area contributed by atoms with Crippen molar-refractivity contribution < 1.29 is 133 Å². The van der Waals surface area contributed by atoms with Crippen LogP contribution in [-0.2, 0) is 72.6 Å². The largest absolute Gasteiger partial charge is 0.481 e. The van der Waals surface area contributed by atoms with Gasteiger partial charge in [-0.3, -0.25) is 35.3 Å². The second kappa shape index (κ2) is 44.4. The number of hydrogen-bond donors (Lipinski definition) is 21. The number of unbranched alkanes of at least 4 members (excludes halogenated alkanes) is 4. The zero-order valence-electron chi connectivity index (χ0n) is 44.8. The minimum absolute atomic E-state index is 0. The SMILES string of the molecule is COP(=N)(N)OCCCCC(=O)NC(CCC(=O)O)C(=O)O.COP(N)(=NP(=N)(O)O)OCCCCCC(=O)NCCCCNC(=O)C(O)C(OC1O[C@@H](CO)[C@@H](O)[C@@H](O)[C@@H]1O)C(O)CC(O)CO.NC1CCCCC1N.[Na].[Pt]. The molecule has 1 heterocycles. The molecular weight excluding hydrogens is 1310 g/mol. The molecule has 1 aliphatic carbocycles. The molecule has 14 atom stereocenters. The van der Waals surface area contributed by atoms with Crippen molar-refractivity contribution in [1.29, 1.82) is 10.3 Å². The molecule has 3 amide bonds. The summed E-state index contributed by atoms with van der Waals surface area (Å²) in [4.78, 5) is 75.9. The van der Waals surface area contributed by atoms with Gasteiger partial charge in [-0.2, -0.15) is 0 Å². The first-order valence-corrected chi connectivity index (χ1v) is 29.7. The maximum atomic E-state index is 12.6. The van der Waals surface area contributed by atoms with Crippen LogP contribution in [0.4, 0.5) is 0 Å². The molecule has 1 aliphatic heterocycles. The minimum atomic E-state index is -4.28. The predicted octanol–water partition coefficient (Wildman–Crippen LogP) is -3.14. The number of aliphatic hydroxyl groups excluding tert-OH is 8. The average Bonchev–Trinajstić information content (AvgIpc) is 3.36. The zero-order valence-corrected chi connectivity index (χ0v) is 51.7. The number of carbonyl (C=O) groups is 5. The second-order valence-electron chi connectivity index (χ2n) is 17.9. The number of ether oxygens (including phenoxy) is 2. The number of carboxylic acid groups (broad SMARTS) is 2. The molecule has 2 rings (SSSR count). The summed E-state index contributed by atoms with van der Waals surface area (Å²) in [5, 5.41) is 119. The Morgan fingerprint density at radius 3 is 1.81 bits per heavy atom. The molecule has 2 aliphatic rings. The first-order valence-electron chi connectivity index (χ1n) is 24.7. The van der Waals surface area contributed by atoms with Crippen LogP contribution >= 0.6 is 23.0 Å². The smallest absolute Gasteiger partial charge is 0.331 e. The van der Waals surface area contributed by atoms with Gasteiger partial charge in [-0.15, -0.1) is 4.52 Å². The number of carboxylic acids is 2. The molecule has 10 unspecified atom stereocenters. The minimum Gasteiger partial charge on any atom is -0.481 e. The molecule has 0 spiro atoms. The summed E-state index contributed by atoms with van der Waals surface area (Å²) in [6.07, 6.45) is -8.49. The van der Waals surface area contributed by atoms with E-state index in [0.717, 1.165) is 12.8 Å². The fourth-order valence-corrected chi connectivity index (χ4v) is 9.79. The topological polar surface area (TPSA) is 584 Å². The standard InChI is InChI=1S/C24H51N5O16P2.C11H22N3O7P.C6H14N2.Na.Pt/c1-42-47(26,29-46(25,40)41)43-10-6-2-3-7-17(34)27-8-4-5-9-28-23(39)21(38)22(15(33)11-14(32)12-30)45-24-20(37)19(36)18(35)16(13-31)44-24;1-20-22(12,13)21-7-3-2-4-9(15)14-8(11(18)19)5-6-10(16)17;7-5-3-1-2-4-6(5)8;;/h14-16,18-22,24,30-33,35-38H,2-13,26H2,1H3,(H,27,34)(H,28,39)(H3,25,40,41);8H,2-7H2,1H3,(H3,12,13)(H,14,15)(H,16,17)(H,18,19);5-6H,1-4,7-8H2;;/t14?,15?,16-,18+,19+,20-,21?,22?,24?,47?;;;;/m0..../s1. The van der Waals surface area contributed by atoms with E-state index in [2.05, 4.69) is 25.0 Å². The van der Waals surface area contributed by atoms with Crippen molar-refractivity contribution in [3.05, 3.63) is 0 Å². The third kappa shape index (κ3) is 37.8. The molecule has 0 aromatic heterocycles. The van der Waals surface area contributed by atoms with Gasteiger partial charge >= 0.3 is 19.6 Å². The molecular formula is C41H87N10NaO23P3Pt. The van der Waals surface area contributed by atoms with Crippen LogP contribution in [0.15, 0.2) is 4.52 Å². The van der Waals surface area contributed by atoms with Gasteiger partial charge in [0.15, 0.2) is 12.4 Å². The van der Waals surface area contributed by atoms with E-state index in [1.54, 1.807) is 0 Å². The summed E-state index contributed by atoms with van der Waals surface area (Å²) in [5.74, 6) is -4.10. The number of aliphatic hydroxyl groups is 8. The summed E-state index contributed by atoms with van der Waals surface area (Å²) in [6, 6.07) is -0.656. The molecule has 1 saturated carbocycles. The normalized spacial score (nSPS) is 23.4. The molecule has 0 aromatic rings. The summed E-state index contributed by atoms with van der Waals surface area (Å²) >= 11 is 0. The van der Waals surface area contributed by atoms with Gasteiger partial charge in [0, 0.05) is 116 Å². The maximum Gasteiger partial charge on any atom is 0.331 e. The van der Waals surface area contributed by atoms with Crippen LogP contribution in [0.5, 0.6) is 0 Å². The Bertz CT molecular complexity index is 1890. The van der Waals surface area contributed by atoms with Crippen LogP contribution in [-0.4, -0.2) is 247 Å². The van der Waals surface area contributed by atoms with Crippen LogP contribution in [0.25, 0.3) is 0 Å². The van der Waals surface area contributed by atoms with Crippen LogP contribution in [0, 0.1) is 10.3 Å². The summed E-state index contributed by atoms with van der Waals surface area (Å²) in [7, 11) is -8.27. The van der Waals surface area contributed by atoms with E-state index < -0.39 is 128 Å². The van der Waals surface area contributed by atoms with Gasteiger partial charge in [-0.05, 0) is 57.8 Å².